The minimum Gasteiger partial charge on any atom is -0.481 e. The number of rotatable bonds is 6. The third-order valence-corrected chi connectivity index (χ3v) is 4.92. The highest BCUT2D eigenvalue weighted by molar-refractivity contribution is 6.36. The number of hydrogen-bond donors (Lipinski definition) is 3. The number of carbonyl (C=O) groups is 3. The lowest BCUT2D eigenvalue weighted by molar-refractivity contribution is -0.145. The average molecular weight is 387 g/mol. The highest BCUT2D eigenvalue weighted by atomic mass is 35.5. The van der Waals surface area contributed by atoms with Crippen LogP contribution in [0.2, 0.25) is 10.0 Å². The maximum Gasteiger partial charge on any atom is 0.306 e. The molecule has 0 saturated heterocycles. The van der Waals surface area contributed by atoms with Crippen LogP contribution < -0.4 is 10.6 Å². The van der Waals surface area contributed by atoms with E-state index in [1.807, 2.05) is 0 Å². The van der Waals surface area contributed by atoms with Crippen molar-refractivity contribution in [2.24, 2.45) is 11.8 Å². The number of nitrogens with one attached hydrogen (secondary N) is 2. The summed E-state index contributed by atoms with van der Waals surface area (Å²) in [6, 6.07) is 4.47. The number of carboxylic acids is 1. The molecule has 0 heterocycles. The molecule has 2 amide bonds. The molecule has 6 nitrogen and oxygen atoms in total. The molecule has 1 saturated carbocycles. The Kier molecular flexibility index (Phi) is 7.08. The fourth-order valence-electron chi connectivity index (χ4n) is 3.01. The number of hydrogen-bond acceptors (Lipinski definition) is 3. The fourth-order valence-corrected chi connectivity index (χ4v) is 3.51. The van der Waals surface area contributed by atoms with Gasteiger partial charge in [-0.05, 0) is 37.0 Å². The molecule has 0 radical (unpaired) electrons. The van der Waals surface area contributed by atoms with Gasteiger partial charge in [0.05, 0.1) is 23.0 Å². The van der Waals surface area contributed by atoms with Gasteiger partial charge in [0.15, 0.2) is 0 Å². The van der Waals surface area contributed by atoms with Crippen molar-refractivity contribution in [3.05, 3.63) is 33.8 Å². The summed E-state index contributed by atoms with van der Waals surface area (Å²) in [7, 11) is 0. The third-order valence-electron chi connectivity index (χ3n) is 4.37. The number of carbonyl (C=O) groups excluding carboxylic acids is 2. The smallest absolute Gasteiger partial charge is 0.306 e. The van der Waals surface area contributed by atoms with Gasteiger partial charge >= 0.3 is 5.97 Å². The number of halogens is 2. The summed E-state index contributed by atoms with van der Waals surface area (Å²) >= 11 is 11.7. The molecule has 8 heteroatoms. The molecule has 25 heavy (non-hydrogen) atoms. The second-order valence-corrected chi connectivity index (χ2v) is 6.94. The Hall–Kier alpha value is -1.79. The summed E-state index contributed by atoms with van der Waals surface area (Å²) in [6.07, 6.45) is 3.29. The normalized spacial score (nSPS) is 19.9. The molecular formula is C17H20Cl2N2O4. The predicted molar refractivity (Wildman–Crippen MR) is 94.9 cm³/mol. The second-order valence-electron chi connectivity index (χ2n) is 6.10. The van der Waals surface area contributed by atoms with Crippen LogP contribution in [0.4, 0.5) is 0 Å². The van der Waals surface area contributed by atoms with E-state index in [-0.39, 0.29) is 29.0 Å². The molecule has 0 unspecified atom stereocenters. The number of carboxylic acid groups (broad SMARTS) is 1. The summed E-state index contributed by atoms with van der Waals surface area (Å²) in [4.78, 5) is 35.2. The van der Waals surface area contributed by atoms with Crippen molar-refractivity contribution in [2.45, 2.75) is 25.7 Å². The average Bonchev–Trinajstić information content (AvgIpc) is 2.58. The van der Waals surface area contributed by atoms with Gasteiger partial charge in [-0.25, -0.2) is 0 Å². The van der Waals surface area contributed by atoms with E-state index in [4.69, 9.17) is 23.2 Å². The Morgan fingerprint density at radius 1 is 1.12 bits per heavy atom. The maximum absolute atomic E-state index is 12.0. The van der Waals surface area contributed by atoms with E-state index in [9.17, 15) is 19.5 Å². The molecule has 2 atom stereocenters. The standard InChI is InChI=1S/C17H20Cl2N2O4/c18-11-5-6-13(14(19)7-11)16(23)21-9-15(22)20-8-10-3-1-2-4-12(10)17(24)25/h5-7,10,12H,1-4,8-9H2,(H,20,22)(H,21,23)(H,24,25)/t10-,12-/m0/s1. The first-order valence-corrected chi connectivity index (χ1v) is 8.87. The lowest BCUT2D eigenvalue weighted by atomic mass is 9.79. The van der Waals surface area contributed by atoms with Crippen LogP contribution in [0.25, 0.3) is 0 Å². The van der Waals surface area contributed by atoms with Crippen molar-refractivity contribution in [3.8, 4) is 0 Å². The van der Waals surface area contributed by atoms with Gasteiger partial charge in [-0.3, -0.25) is 14.4 Å². The third kappa shape index (κ3) is 5.61. The van der Waals surface area contributed by atoms with Crippen LogP contribution in [0, 0.1) is 11.8 Å². The van der Waals surface area contributed by atoms with Crippen molar-refractivity contribution in [2.75, 3.05) is 13.1 Å². The molecule has 2 rings (SSSR count). The molecule has 1 aromatic rings. The Morgan fingerprint density at radius 2 is 1.84 bits per heavy atom. The van der Waals surface area contributed by atoms with Gasteiger partial charge in [-0.15, -0.1) is 0 Å². The van der Waals surface area contributed by atoms with Gasteiger partial charge in [0.1, 0.15) is 0 Å². The first-order chi connectivity index (χ1) is 11.9. The first-order valence-electron chi connectivity index (χ1n) is 8.11. The SMILES string of the molecule is O=C(CNC(=O)c1ccc(Cl)cc1Cl)NC[C@@H]1CCCC[C@@H]1C(=O)O. The highest BCUT2D eigenvalue weighted by Gasteiger charge is 2.30. The summed E-state index contributed by atoms with van der Waals surface area (Å²) in [5.41, 5.74) is 0.233. The molecule has 136 valence electrons. The van der Waals surface area contributed by atoms with Crippen LogP contribution in [0.3, 0.4) is 0 Å². The van der Waals surface area contributed by atoms with Crippen LogP contribution in [-0.4, -0.2) is 36.0 Å². The van der Waals surface area contributed by atoms with Gasteiger partial charge in [0.2, 0.25) is 5.91 Å². The lowest BCUT2D eigenvalue weighted by Gasteiger charge is -2.28. The molecule has 1 aliphatic rings. The van der Waals surface area contributed by atoms with Crippen LogP contribution in [0.5, 0.6) is 0 Å². The number of benzene rings is 1. The zero-order valence-corrected chi connectivity index (χ0v) is 15.1. The van der Waals surface area contributed by atoms with Crippen molar-refractivity contribution >= 4 is 41.0 Å². The van der Waals surface area contributed by atoms with Gasteiger partial charge in [0, 0.05) is 11.6 Å². The minimum absolute atomic E-state index is 0.0726. The Bertz CT molecular complexity index is 666. The zero-order chi connectivity index (χ0) is 18.4. The molecule has 1 fully saturated rings. The van der Waals surface area contributed by atoms with E-state index in [1.54, 1.807) is 0 Å². The fraction of sp³-hybridized carbons (Fsp3) is 0.471. The molecule has 3 N–H and O–H groups in total. The van der Waals surface area contributed by atoms with Gasteiger partial charge in [-0.2, -0.15) is 0 Å². The van der Waals surface area contributed by atoms with E-state index < -0.39 is 17.8 Å². The van der Waals surface area contributed by atoms with Crippen LogP contribution in [0.15, 0.2) is 18.2 Å². The van der Waals surface area contributed by atoms with Crippen molar-refractivity contribution in [3.63, 3.8) is 0 Å². The largest absolute Gasteiger partial charge is 0.481 e. The van der Waals surface area contributed by atoms with Gasteiger partial charge < -0.3 is 15.7 Å². The van der Waals surface area contributed by atoms with Crippen LogP contribution >= 0.6 is 23.2 Å². The van der Waals surface area contributed by atoms with Gasteiger partial charge in [0.25, 0.3) is 5.91 Å². The van der Waals surface area contributed by atoms with E-state index in [2.05, 4.69) is 10.6 Å². The topological polar surface area (TPSA) is 95.5 Å². The van der Waals surface area contributed by atoms with Crippen molar-refractivity contribution in [1.29, 1.82) is 0 Å². The molecule has 1 aromatic carbocycles. The summed E-state index contributed by atoms with van der Waals surface area (Å²) < 4.78 is 0. The number of aliphatic carboxylic acids is 1. The monoisotopic (exact) mass is 386 g/mol. The molecule has 0 spiro atoms. The van der Waals surface area contributed by atoms with Crippen LogP contribution in [-0.2, 0) is 9.59 Å². The van der Waals surface area contributed by atoms with E-state index in [0.717, 1.165) is 19.3 Å². The molecule has 1 aliphatic carbocycles. The van der Waals surface area contributed by atoms with E-state index in [0.29, 0.717) is 18.0 Å². The molecule has 0 bridgehead atoms. The van der Waals surface area contributed by atoms with Crippen molar-refractivity contribution < 1.29 is 19.5 Å². The van der Waals surface area contributed by atoms with Gasteiger partial charge in [-0.1, -0.05) is 36.0 Å². The quantitative estimate of drug-likeness (QED) is 0.700. The summed E-state index contributed by atoms with van der Waals surface area (Å²) in [5, 5.41) is 15.0. The Morgan fingerprint density at radius 3 is 2.52 bits per heavy atom. The first kappa shape index (κ1) is 19.5. The number of amides is 2. The summed E-state index contributed by atoms with van der Waals surface area (Å²) in [6.45, 7) is 0.0929. The van der Waals surface area contributed by atoms with E-state index >= 15 is 0 Å². The highest BCUT2D eigenvalue weighted by Crippen LogP contribution is 2.29. The zero-order valence-electron chi connectivity index (χ0n) is 13.6. The Labute approximate surface area is 155 Å². The Balaban J connectivity index is 1.80. The van der Waals surface area contributed by atoms with Crippen LogP contribution in [0.1, 0.15) is 36.0 Å². The predicted octanol–water partition coefficient (Wildman–Crippen LogP) is 2.73. The lowest BCUT2D eigenvalue weighted by Crippen LogP contribution is -2.41. The van der Waals surface area contributed by atoms with Crippen molar-refractivity contribution in [1.82, 2.24) is 10.6 Å². The summed E-state index contributed by atoms with van der Waals surface area (Å²) in [5.74, 6) is -2.15. The molecule has 0 aliphatic heterocycles. The van der Waals surface area contributed by atoms with E-state index in [1.165, 1.54) is 18.2 Å². The second kappa shape index (κ2) is 9.06. The molecule has 0 aromatic heterocycles. The minimum atomic E-state index is -0.815. The molecular weight excluding hydrogens is 367 g/mol. The maximum atomic E-state index is 12.0.